The lowest BCUT2D eigenvalue weighted by molar-refractivity contribution is -0.120. The van der Waals surface area contributed by atoms with E-state index in [0.717, 1.165) is 12.3 Å². The second kappa shape index (κ2) is 7.68. The molecule has 0 fully saturated rings. The van der Waals surface area contributed by atoms with Crippen LogP contribution in [0.2, 0.25) is 0 Å². The molecular weight excluding hydrogens is 216 g/mol. The predicted molar refractivity (Wildman–Crippen MR) is 68.2 cm³/mol. The second-order valence-corrected chi connectivity index (χ2v) is 3.80. The summed E-state index contributed by atoms with van der Waals surface area (Å²) in [6, 6.07) is 7.85. The van der Waals surface area contributed by atoms with E-state index in [1.165, 1.54) is 5.56 Å². The molecule has 0 aliphatic carbocycles. The Kier molecular flexibility index (Phi) is 6.10. The van der Waals surface area contributed by atoms with Crippen molar-refractivity contribution in [3.05, 3.63) is 29.8 Å². The van der Waals surface area contributed by atoms with Gasteiger partial charge in [0.1, 0.15) is 12.4 Å². The first-order chi connectivity index (χ1) is 8.22. The lowest BCUT2D eigenvalue weighted by Gasteiger charge is -2.08. The van der Waals surface area contributed by atoms with Crippen LogP contribution in [0.3, 0.4) is 0 Å². The number of hydrogen-bond donors (Lipinski definition) is 2. The first-order valence-electron chi connectivity index (χ1n) is 5.89. The van der Waals surface area contributed by atoms with E-state index in [1.807, 2.05) is 38.1 Å². The fourth-order valence-corrected chi connectivity index (χ4v) is 1.37. The quantitative estimate of drug-likeness (QED) is 0.697. The van der Waals surface area contributed by atoms with Crippen LogP contribution < -0.4 is 15.4 Å². The third kappa shape index (κ3) is 5.92. The summed E-state index contributed by atoms with van der Waals surface area (Å²) in [6.45, 7) is 6.16. The standard InChI is InChI=1S/C13H20N2O2/c1-3-14-10-13(16)15-7-8-17-12-6-4-5-11(2)9-12/h4-6,9,14H,3,7-8,10H2,1-2H3,(H,15,16). The van der Waals surface area contributed by atoms with Gasteiger partial charge in [-0.25, -0.2) is 0 Å². The topological polar surface area (TPSA) is 50.4 Å². The van der Waals surface area contributed by atoms with E-state index in [2.05, 4.69) is 10.6 Å². The molecule has 94 valence electrons. The van der Waals surface area contributed by atoms with Crippen LogP contribution >= 0.6 is 0 Å². The average Bonchev–Trinajstić information content (AvgIpc) is 2.32. The van der Waals surface area contributed by atoms with Crippen LogP contribution in [0.1, 0.15) is 12.5 Å². The largest absolute Gasteiger partial charge is 0.492 e. The van der Waals surface area contributed by atoms with Crippen LogP contribution in [-0.4, -0.2) is 32.1 Å². The van der Waals surface area contributed by atoms with Gasteiger partial charge in [0, 0.05) is 0 Å². The summed E-state index contributed by atoms with van der Waals surface area (Å²) >= 11 is 0. The number of ether oxygens (including phenoxy) is 1. The minimum absolute atomic E-state index is 0.000285. The number of hydrogen-bond acceptors (Lipinski definition) is 3. The summed E-state index contributed by atoms with van der Waals surface area (Å²) in [5.74, 6) is 0.839. The van der Waals surface area contributed by atoms with Crippen molar-refractivity contribution in [2.75, 3.05) is 26.2 Å². The molecule has 1 amide bonds. The van der Waals surface area contributed by atoms with Crippen molar-refractivity contribution < 1.29 is 9.53 Å². The van der Waals surface area contributed by atoms with Gasteiger partial charge >= 0.3 is 0 Å². The van der Waals surface area contributed by atoms with Crippen molar-refractivity contribution in [3.8, 4) is 5.75 Å². The zero-order valence-electron chi connectivity index (χ0n) is 10.5. The molecule has 0 bridgehead atoms. The number of benzene rings is 1. The first kappa shape index (κ1) is 13.5. The molecule has 1 aromatic rings. The Hall–Kier alpha value is -1.55. The molecule has 0 saturated carbocycles. The van der Waals surface area contributed by atoms with Crippen LogP contribution in [0.5, 0.6) is 5.75 Å². The Balaban J connectivity index is 2.14. The summed E-state index contributed by atoms with van der Waals surface area (Å²) in [7, 11) is 0. The third-order valence-electron chi connectivity index (χ3n) is 2.22. The molecule has 0 heterocycles. The van der Waals surface area contributed by atoms with Gasteiger partial charge in [-0.3, -0.25) is 4.79 Å². The highest BCUT2D eigenvalue weighted by Crippen LogP contribution is 2.11. The van der Waals surface area contributed by atoms with Crippen LogP contribution in [0.4, 0.5) is 0 Å². The molecule has 1 rings (SSSR count). The Morgan fingerprint density at radius 1 is 1.41 bits per heavy atom. The van der Waals surface area contributed by atoms with Crippen molar-refractivity contribution >= 4 is 5.91 Å². The van der Waals surface area contributed by atoms with Crippen molar-refractivity contribution in [1.82, 2.24) is 10.6 Å². The SMILES string of the molecule is CCNCC(=O)NCCOc1cccc(C)c1. The van der Waals surface area contributed by atoms with Gasteiger partial charge in [-0.2, -0.15) is 0 Å². The molecule has 0 spiro atoms. The first-order valence-corrected chi connectivity index (χ1v) is 5.89. The Bertz CT molecular complexity index is 353. The van der Waals surface area contributed by atoms with Crippen LogP contribution in [0.15, 0.2) is 24.3 Å². The minimum atomic E-state index is -0.000285. The maximum absolute atomic E-state index is 11.2. The van der Waals surface area contributed by atoms with E-state index >= 15 is 0 Å². The van der Waals surface area contributed by atoms with Gasteiger partial charge in [-0.15, -0.1) is 0 Å². The number of rotatable bonds is 7. The maximum atomic E-state index is 11.2. The molecule has 0 aromatic heterocycles. The van der Waals surface area contributed by atoms with Crippen molar-refractivity contribution in [2.45, 2.75) is 13.8 Å². The smallest absolute Gasteiger partial charge is 0.234 e. The van der Waals surface area contributed by atoms with Crippen LogP contribution in [-0.2, 0) is 4.79 Å². The van der Waals surface area contributed by atoms with E-state index in [1.54, 1.807) is 0 Å². The summed E-state index contributed by atoms with van der Waals surface area (Å²) in [4.78, 5) is 11.2. The van der Waals surface area contributed by atoms with Gasteiger partial charge in [0.05, 0.1) is 13.1 Å². The Morgan fingerprint density at radius 3 is 2.94 bits per heavy atom. The van der Waals surface area contributed by atoms with Crippen LogP contribution in [0.25, 0.3) is 0 Å². The van der Waals surface area contributed by atoms with Gasteiger partial charge in [0.25, 0.3) is 0 Å². The maximum Gasteiger partial charge on any atom is 0.234 e. The fourth-order valence-electron chi connectivity index (χ4n) is 1.37. The molecule has 2 N–H and O–H groups in total. The third-order valence-corrected chi connectivity index (χ3v) is 2.22. The second-order valence-electron chi connectivity index (χ2n) is 3.80. The lowest BCUT2D eigenvalue weighted by Crippen LogP contribution is -2.35. The van der Waals surface area contributed by atoms with E-state index < -0.39 is 0 Å². The van der Waals surface area contributed by atoms with E-state index in [4.69, 9.17) is 4.74 Å². The Labute approximate surface area is 102 Å². The van der Waals surface area contributed by atoms with E-state index in [0.29, 0.717) is 19.7 Å². The number of likely N-dealkylation sites (N-methyl/N-ethyl adjacent to an activating group) is 1. The zero-order valence-corrected chi connectivity index (χ0v) is 10.5. The van der Waals surface area contributed by atoms with Crippen LogP contribution in [0, 0.1) is 6.92 Å². The number of carbonyl (C=O) groups excluding carboxylic acids is 1. The summed E-state index contributed by atoms with van der Waals surface area (Å²) in [6.07, 6.45) is 0. The molecule has 4 nitrogen and oxygen atoms in total. The molecule has 0 atom stereocenters. The molecule has 0 aliphatic rings. The predicted octanol–water partition coefficient (Wildman–Crippen LogP) is 1.10. The van der Waals surface area contributed by atoms with Gasteiger partial charge in [0.2, 0.25) is 5.91 Å². The minimum Gasteiger partial charge on any atom is -0.492 e. The molecule has 17 heavy (non-hydrogen) atoms. The van der Waals surface area contributed by atoms with Gasteiger partial charge in [0.15, 0.2) is 0 Å². The van der Waals surface area contributed by atoms with Gasteiger partial charge < -0.3 is 15.4 Å². The fraction of sp³-hybridized carbons (Fsp3) is 0.462. The van der Waals surface area contributed by atoms with E-state index in [-0.39, 0.29) is 5.91 Å². The molecule has 0 aliphatic heterocycles. The van der Waals surface area contributed by atoms with Gasteiger partial charge in [-0.1, -0.05) is 19.1 Å². The molecule has 0 saturated heterocycles. The molecule has 0 radical (unpaired) electrons. The van der Waals surface area contributed by atoms with Gasteiger partial charge in [-0.05, 0) is 31.2 Å². The Morgan fingerprint density at radius 2 is 2.24 bits per heavy atom. The van der Waals surface area contributed by atoms with Crippen molar-refractivity contribution in [1.29, 1.82) is 0 Å². The summed E-state index contributed by atoms with van der Waals surface area (Å²) in [5, 5.41) is 5.74. The highest BCUT2D eigenvalue weighted by molar-refractivity contribution is 5.77. The molecule has 1 aromatic carbocycles. The number of amides is 1. The highest BCUT2D eigenvalue weighted by Gasteiger charge is 1.98. The highest BCUT2D eigenvalue weighted by atomic mass is 16.5. The number of aryl methyl sites for hydroxylation is 1. The van der Waals surface area contributed by atoms with E-state index in [9.17, 15) is 4.79 Å². The average molecular weight is 236 g/mol. The number of nitrogens with one attached hydrogen (secondary N) is 2. The van der Waals surface area contributed by atoms with Crippen molar-refractivity contribution in [2.24, 2.45) is 0 Å². The summed E-state index contributed by atoms with van der Waals surface area (Å²) in [5.41, 5.74) is 1.17. The normalized spacial score (nSPS) is 10.0. The summed E-state index contributed by atoms with van der Waals surface area (Å²) < 4.78 is 5.51. The monoisotopic (exact) mass is 236 g/mol. The van der Waals surface area contributed by atoms with Crippen molar-refractivity contribution in [3.63, 3.8) is 0 Å². The molecule has 4 heteroatoms. The molecule has 0 unspecified atom stereocenters. The lowest BCUT2D eigenvalue weighted by atomic mass is 10.2. The zero-order chi connectivity index (χ0) is 12.5. The molecular formula is C13H20N2O2. The number of carbonyl (C=O) groups is 1.